The number of nitrogens with one attached hydrogen (secondary N) is 1. The Bertz CT molecular complexity index is 776. The van der Waals surface area contributed by atoms with Gasteiger partial charge in [-0.05, 0) is 12.0 Å². The first-order valence-electron chi connectivity index (χ1n) is 7.32. The average Bonchev–Trinajstić information content (AvgIpc) is 2.75. The second-order valence-corrected chi connectivity index (χ2v) is 5.43. The zero-order valence-electron chi connectivity index (χ0n) is 12.9. The summed E-state index contributed by atoms with van der Waals surface area (Å²) in [4.78, 5) is 22.3. The molecule has 0 fully saturated rings. The van der Waals surface area contributed by atoms with E-state index < -0.39 is 23.2 Å². The van der Waals surface area contributed by atoms with E-state index in [1.807, 2.05) is 6.92 Å². The lowest BCUT2D eigenvalue weighted by molar-refractivity contribution is -0.384. The van der Waals surface area contributed by atoms with Crippen molar-refractivity contribution in [3.8, 4) is 0 Å². The second-order valence-electron chi connectivity index (χ2n) is 5.43. The molecule has 0 unspecified atom stereocenters. The summed E-state index contributed by atoms with van der Waals surface area (Å²) in [6.45, 7) is 0.484. The predicted octanol–water partition coefficient (Wildman–Crippen LogP) is 3.19. The Morgan fingerprint density at radius 3 is 2.38 bits per heavy atom. The maximum Gasteiger partial charge on any atom is 0.408 e. The number of alkyl halides is 3. The van der Waals surface area contributed by atoms with Gasteiger partial charge in [0.1, 0.15) is 6.54 Å². The van der Waals surface area contributed by atoms with Gasteiger partial charge in [0.15, 0.2) is 0 Å². The molecule has 9 heteroatoms. The van der Waals surface area contributed by atoms with Gasteiger partial charge in [0.25, 0.3) is 11.2 Å². The highest BCUT2D eigenvalue weighted by Gasteiger charge is 2.30. The first-order chi connectivity index (χ1) is 11.2. The molecular weight excluding hydrogens is 327 g/mol. The van der Waals surface area contributed by atoms with Crippen LogP contribution in [-0.2, 0) is 19.4 Å². The van der Waals surface area contributed by atoms with E-state index in [0.29, 0.717) is 28.8 Å². The molecule has 0 spiro atoms. The van der Waals surface area contributed by atoms with E-state index in [1.54, 1.807) is 0 Å². The quantitative estimate of drug-likeness (QED) is 0.646. The third-order valence-corrected chi connectivity index (χ3v) is 3.50. The molecule has 0 amide bonds. The number of benzene rings is 1. The summed E-state index contributed by atoms with van der Waals surface area (Å²) in [6, 6.07) is 5.59. The van der Waals surface area contributed by atoms with Crippen LogP contribution in [0.1, 0.15) is 30.2 Å². The Kier molecular flexibility index (Phi) is 5.10. The van der Waals surface area contributed by atoms with Crippen LogP contribution in [0.4, 0.5) is 18.9 Å². The summed E-state index contributed by atoms with van der Waals surface area (Å²) in [5, 5.41) is 13.2. The number of nitro benzene ring substituents is 1. The van der Waals surface area contributed by atoms with Gasteiger partial charge >= 0.3 is 6.18 Å². The zero-order chi connectivity index (χ0) is 17.9. The normalized spacial score (nSPS) is 11.7. The number of halogens is 3. The van der Waals surface area contributed by atoms with Gasteiger partial charge in [0.2, 0.25) is 0 Å². The molecule has 130 valence electrons. The maximum absolute atomic E-state index is 12.6. The number of nitrogens with zero attached hydrogens (tertiary/aromatic N) is 2. The summed E-state index contributed by atoms with van der Waals surface area (Å²) in [5.74, 6) is 0. The Hall–Kier alpha value is -2.58. The first-order valence-corrected chi connectivity index (χ1v) is 7.32. The first kappa shape index (κ1) is 17.8. The van der Waals surface area contributed by atoms with Gasteiger partial charge in [0.05, 0.1) is 4.92 Å². The van der Waals surface area contributed by atoms with Crippen LogP contribution in [0.3, 0.4) is 0 Å². The Labute approximate surface area is 135 Å². The summed E-state index contributed by atoms with van der Waals surface area (Å²) in [7, 11) is 0. The van der Waals surface area contributed by atoms with Crippen molar-refractivity contribution in [1.29, 1.82) is 0 Å². The Morgan fingerprint density at radius 2 is 1.88 bits per heavy atom. The van der Waals surface area contributed by atoms with Gasteiger partial charge in [-0.15, -0.1) is 0 Å². The molecule has 0 saturated heterocycles. The molecule has 0 aliphatic rings. The zero-order valence-corrected chi connectivity index (χ0v) is 12.9. The van der Waals surface area contributed by atoms with Crippen LogP contribution in [0, 0.1) is 10.1 Å². The van der Waals surface area contributed by atoms with Gasteiger partial charge in [0, 0.05) is 29.8 Å². The van der Waals surface area contributed by atoms with Crippen LogP contribution in [0.15, 0.2) is 29.1 Å². The number of rotatable bonds is 6. The number of H-pyrrole nitrogens is 1. The Morgan fingerprint density at radius 1 is 1.25 bits per heavy atom. The van der Waals surface area contributed by atoms with Gasteiger partial charge in [-0.2, -0.15) is 13.2 Å². The molecule has 0 aliphatic carbocycles. The molecule has 2 rings (SSSR count). The van der Waals surface area contributed by atoms with E-state index in [2.05, 4.69) is 5.10 Å². The predicted molar refractivity (Wildman–Crippen MR) is 81.0 cm³/mol. The molecule has 24 heavy (non-hydrogen) atoms. The highest BCUT2D eigenvalue weighted by Crippen LogP contribution is 2.19. The minimum atomic E-state index is -4.50. The fourth-order valence-corrected chi connectivity index (χ4v) is 2.44. The van der Waals surface area contributed by atoms with Gasteiger partial charge < -0.3 is 0 Å². The maximum atomic E-state index is 12.6. The third kappa shape index (κ3) is 4.24. The Balaban J connectivity index is 2.34. The summed E-state index contributed by atoms with van der Waals surface area (Å²) in [6.07, 6.45) is -3.27. The largest absolute Gasteiger partial charge is 0.408 e. The number of hydrogen-bond acceptors (Lipinski definition) is 3. The molecule has 6 nitrogen and oxygen atoms in total. The number of non-ortho nitro benzene ring substituents is 1. The minimum absolute atomic E-state index is 0.0870. The topological polar surface area (TPSA) is 80.9 Å². The van der Waals surface area contributed by atoms with E-state index in [0.717, 1.165) is 0 Å². The average molecular weight is 343 g/mol. The van der Waals surface area contributed by atoms with Gasteiger partial charge in [-0.25, -0.2) is 4.68 Å². The number of aromatic nitrogens is 2. The van der Waals surface area contributed by atoms with Crippen LogP contribution in [0.25, 0.3) is 0 Å². The molecule has 0 aliphatic heterocycles. The van der Waals surface area contributed by atoms with Crippen LogP contribution < -0.4 is 5.56 Å². The molecule has 1 aromatic carbocycles. The van der Waals surface area contributed by atoms with Crippen molar-refractivity contribution < 1.29 is 18.1 Å². The molecule has 1 aromatic heterocycles. The molecule has 1 N–H and O–H groups in total. The second kappa shape index (κ2) is 6.90. The van der Waals surface area contributed by atoms with E-state index in [9.17, 15) is 28.1 Å². The minimum Gasteiger partial charge on any atom is -0.299 e. The summed E-state index contributed by atoms with van der Waals surface area (Å²) in [5.41, 5.74) is 0.540. The van der Waals surface area contributed by atoms with E-state index in [4.69, 9.17) is 0 Å². The van der Waals surface area contributed by atoms with Crippen molar-refractivity contribution in [2.24, 2.45) is 0 Å². The molecule has 1 heterocycles. The van der Waals surface area contributed by atoms with Crippen LogP contribution in [-0.4, -0.2) is 20.9 Å². The highest BCUT2D eigenvalue weighted by molar-refractivity contribution is 5.36. The fraction of sp³-hybridized carbons (Fsp3) is 0.400. The lowest BCUT2D eigenvalue weighted by Crippen LogP contribution is -2.27. The van der Waals surface area contributed by atoms with Crippen molar-refractivity contribution in [3.05, 3.63) is 61.6 Å². The van der Waals surface area contributed by atoms with Crippen molar-refractivity contribution in [2.45, 2.75) is 38.9 Å². The lowest BCUT2D eigenvalue weighted by Gasteiger charge is -2.05. The third-order valence-electron chi connectivity index (χ3n) is 3.50. The SMILES string of the molecule is CCCc1[nH]n(CC(F)(F)F)c(=O)c1Cc1ccc([N+](=O)[O-])cc1. The molecule has 0 atom stereocenters. The van der Waals surface area contributed by atoms with Crippen LogP contribution >= 0.6 is 0 Å². The van der Waals surface area contributed by atoms with Crippen LogP contribution in [0.2, 0.25) is 0 Å². The summed E-state index contributed by atoms with van der Waals surface area (Å²) < 4.78 is 38.2. The van der Waals surface area contributed by atoms with Crippen molar-refractivity contribution >= 4 is 5.69 Å². The summed E-state index contributed by atoms with van der Waals surface area (Å²) >= 11 is 0. The number of hydrogen-bond donors (Lipinski definition) is 1. The van der Waals surface area contributed by atoms with E-state index in [-0.39, 0.29) is 17.7 Å². The number of aromatic amines is 1. The molecule has 0 saturated carbocycles. The fourth-order valence-electron chi connectivity index (χ4n) is 2.44. The van der Waals surface area contributed by atoms with Crippen molar-refractivity contribution in [1.82, 2.24) is 9.78 Å². The lowest BCUT2D eigenvalue weighted by atomic mass is 10.0. The highest BCUT2D eigenvalue weighted by atomic mass is 19.4. The molecule has 0 bridgehead atoms. The van der Waals surface area contributed by atoms with Gasteiger partial charge in [-0.1, -0.05) is 25.5 Å². The van der Waals surface area contributed by atoms with E-state index >= 15 is 0 Å². The van der Waals surface area contributed by atoms with Crippen LogP contribution in [0.5, 0.6) is 0 Å². The molecular formula is C15H16F3N3O3. The standard InChI is InChI=1S/C15H16F3N3O3/c1-2-3-13-12(14(22)20(19-13)9-15(16,17)18)8-10-4-6-11(7-5-10)21(23)24/h4-7,19H,2-3,8-9H2,1H3. The van der Waals surface area contributed by atoms with Crippen molar-refractivity contribution in [2.75, 3.05) is 0 Å². The molecule has 2 aromatic rings. The number of aryl methyl sites for hydroxylation is 1. The van der Waals surface area contributed by atoms with Gasteiger partial charge in [-0.3, -0.25) is 20.0 Å². The van der Waals surface area contributed by atoms with Crippen molar-refractivity contribution in [3.63, 3.8) is 0 Å². The molecule has 0 radical (unpaired) electrons. The number of nitro groups is 1. The smallest absolute Gasteiger partial charge is 0.299 e. The monoisotopic (exact) mass is 343 g/mol. The van der Waals surface area contributed by atoms with E-state index in [1.165, 1.54) is 24.3 Å².